The molecule has 0 amide bonds. The van der Waals surface area contributed by atoms with Gasteiger partial charge in [-0.1, -0.05) is 7.43 Å². The van der Waals surface area contributed by atoms with Crippen LogP contribution >= 0.6 is 11.6 Å². The standard InChI is InChI=1S/C10H8FNO2.C8H6ClFO2.C2H3N.CH4/c1-14-7-2-3-8(9(11)6-7)10(13)4-5-12;1-12-5-2-3-6(8(9)11)7(10)4-5;1-2-3;/h2-3,6H,4H2,1H3;2-4H,1H3;1H3;1H4. The van der Waals surface area contributed by atoms with E-state index < -0.39 is 22.7 Å². The van der Waals surface area contributed by atoms with E-state index in [1.165, 1.54) is 45.4 Å². The Morgan fingerprint density at radius 2 is 1.37 bits per heavy atom. The van der Waals surface area contributed by atoms with Crippen molar-refractivity contribution in [2.24, 2.45) is 0 Å². The molecule has 0 spiro atoms. The first-order valence-corrected chi connectivity index (χ1v) is 8.21. The quantitative estimate of drug-likeness (QED) is 0.463. The van der Waals surface area contributed by atoms with Crippen LogP contribution in [0.1, 0.15) is 41.5 Å². The Morgan fingerprint density at radius 1 is 0.967 bits per heavy atom. The number of nitriles is 2. The number of hydrogen-bond donors (Lipinski definition) is 0. The maximum Gasteiger partial charge on any atom is 0.255 e. The number of ether oxygens (including phenoxy) is 2. The van der Waals surface area contributed by atoms with Crippen LogP contribution in [0.15, 0.2) is 36.4 Å². The van der Waals surface area contributed by atoms with E-state index >= 15 is 0 Å². The summed E-state index contributed by atoms with van der Waals surface area (Å²) in [5.74, 6) is -1.16. The van der Waals surface area contributed by atoms with Gasteiger partial charge in [-0.2, -0.15) is 10.5 Å². The number of methoxy groups -OCH3 is 2. The molecule has 0 saturated heterocycles. The Kier molecular flexibility index (Phi) is 14.8. The zero-order valence-corrected chi connectivity index (χ0v) is 16.6. The Labute approximate surface area is 179 Å². The average molecular weight is 439 g/mol. The highest BCUT2D eigenvalue weighted by Crippen LogP contribution is 2.18. The minimum Gasteiger partial charge on any atom is -0.497 e. The smallest absolute Gasteiger partial charge is 0.255 e. The number of carbonyl (C=O) groups is 2. The normalized spacial score (nSPS) is 8.40. The molecule has 0 atom stereocenters. The van der Waals surface area contributed by atoms with E-state index in [0.717, 1.165) is 12.1 Å². The van der Waals surface area contributed by atoms with Crippen LogP contribution in [0.2, 0.25) is 0 Å². The number of nitrogens with zero attached hydrogens (tertiary/aromatic N) is 2. The van der Waals surface area contributed by atoms with Gasteiger partial charge in [0, 0.05) is 19.1 Å². The molecule has 30 heavy (non-hydrogen) atoms. The fourth-order valence-corrected chi connectivity index (χ4v) is 1.95. The summed E-state index contributed by atoms with van der Waals surface area (Å²) in [5, 5.41) is 14.8. The number of halogens is 3. The van der Waals surface area contributed by atoms with Crippen molar-refractivity contribution in [3.05, 3.63) is 59.2 Å². The van der Waals surface area contributed by atoms with E-state index in [1.807, 2.05) is 0 Å². The van der Waals surface area contributed by atoms with Gasteiger partial charge in [0.25, 0.3) is 5.24 Å². The van der Waals surface area contributed by atoms with Crippen molar-refractivity contribution in [3.63, 3.8) is 0 Å². The summed E-state index contributed by atoms with van der Waals surface area (Å²) in [6, 6.07) is 11.2. The van der Waals surface area contributed by atoms with Crippen molar-refractivity contribution < 1.29 is 27.8 Å². The first-order valence-electron chi connectivity index (χ1n) is 7.83. The third kappa shape index (κ3) is 9.63. The Bertz CT molecular complexity index is 938. The number of rotatable bonds is 5. The summed E-state index contributed by atoms with van der Waals surface area (Å²) >= 11 is 5.08. The van der Waals surface area contributed by atoms with Crippen molar-refractivity contribution >= 4 is 22.6 Å². The molecule has 0 aliphatic rings. The second kappa shape index (κ2) is 15.4. The first-order chi connectivity index (χ1) is 13.7. The lowest BCUT2D eigenvalue weighted by Crippen LogP contribution is -2.01. The fourth-order valence-electron chi connectivity index (χ4n) is 1.80. The average Bonchev–Trinajstić information content (AvgIpc) is 2.68. The third-order valence-electron chi connectivity index (χ3n) is 3.10. The van der Waals surface area contributed by atoms with Gasteiger partial charge < -0.3 is 9.47 Å². The molecule has 2 rings (SSSR count). The first kappa shape index (κ1) is 28.7. The predicted octanol–water partition coefficient (Wildman–Crippen LogP) is 5.31. The molecule has 0 aliphatic carbocycles. The molecule has 0 bridgehead atoms. The van der Waals surface area contributed by atoms with Crippen LogP contribution < -0.4 is 9.47 Å². The summed E-state index contributed by atoms with van der Waals surface area (Å²) in [5.41, 5.74) is -0.218. The van der Waals surface area contributed by atoms with Crippen molar-refractivity contribution in [2.45, 2.75) is 20.8 Å². The largest absolute Gasteiger partial charge is 0.497 e. The molecular formula is C21H21ClF2N2O4. The third-order valence-corrected chi connectivity index (χ3v) is 3.31. The van der Waals surface area contributed by atoms with Crippen molar-refractivity contribution in [1.82, 2.24) is 0 Å². The van der Waals surface area contributed by atoms with Crippen LogP contribution in [-0.4, -0.2) is 25.2 Å². The highest BCUT2D eigenvalue weighted by atomic mass is 35.5. The molecular weight excluding hydrogens is 418 g/mol. The Morgan fingerprint density at radius 3 is 1.67 bits per heavy atom. The molecule has 0 aliphatic heterocycles. The van der Waals surface area contributed by atoms with Crippen LogP contribution in [-0.2, 0) is 0 Å². The lowest BCUT2D eigenvalue weighted by atomic mass is 10.1. The van der Waals surface area contributed by atoms with Gasteiger partial charge in [-0.3, -0.25) is 9.59 Å². The Balaban J connectivity index is 0. The SMILES string of the molecule is C.CC#N.COc1ccc(C(=O)CC#N)c(F)c1.COc1ccc(C(=O)Cl)c(F)c1. The number of benzene rings is 2. The van der Waals surface area contributed by atoms with Gasteiger partial charge in [0.1, 0.15) is 23.1 Å². The summed E-state index contributed by atoms with van der Waals surface area (Å²) in [6.45, 7) is 1.43. The fraction of sp³-hybridized carbons (Fsp3) is 0.238. The van der Waals surface area contributed by atoms with E-state index in [2.05, 4.69) is 0 Å². The zero-order valence-electron chi connectivity index (χ0n) is 15.8. The van der Waals surface area contributed by atoms with Crippen LogP contribution in [0.4, 0.5) is 8.78 Å². The lowest BCUT2D eigenvalue weighted by Gasteiger charge is -2.02. The maximum absolute atomic E-state index is 13.2. The van der Waals surface area contributed by atoms with Gasteiger partial charge in [-0.05, 0) is 35.9 Å². The van der Waals surface area contributed by atoms with Gasteiger partial charge >= 0.3 is 0 Å². The van der Waals surface area contributed by atoms with Gasteiger partial charge in [0.05, 0.1) is 43.9 Å². The molecule has 6 nitrogen and oxygen atoms in total. The van der Waals surface area contributed by atoms with Gasteiger partial charge in [0.15, 0.2) is 5.78 Å². The molecule has 160 valence electrons. The number of Topliss-reactive ketones (excluding diaryl/α,β-unsaturated/α-hetero) is 1. The summed E-state index contributed by atoms with van der Waals surface area (Å²) in [4.78, 5) is 21.7. The van der Waals surface area contributed by atoms with Crippen LogP contribution in [0, 0.1) is 34.3 Å². The molecule has 0 aromatic heterocycles. The summed E-state index contributed by atoms with van der Waals surface area (Å²) in [7, 11) is 2.82. The van der Waals surface area contributed by atoms with Crippen LogP contribution in [0.5, 0.6) is 11.5 Å². The van der Waals surface area contributed by atoms with Crippen molar-refractivity contribution in [1.29, 1.82) is 10.5 Å². The topological polar surface area (TPSA) is 100 Å². The van der Waals surface area contributed by atoms with Crippen LogP contribution in [0.3, 0.4) is 0 Å². The van der Waals surface area contributed by atoms with Crippen molar-refractivity contribution in [3.8, 4) is 23.6 Å². The van der Waals surface area contributed by atoms with Crippen molar-refractivity contribution in [2.75, 3.05) is 14.2 Å². The maximum atomic E-state index is 13.2. The number of hydrogen-bond acceptors (Lipinski definition) is 6. The number of carbonyl (C=O) groups excluding carboxylic acids is 2. The van der Waals surface area contributed by atoms with Gasteiger partial charge in [-0.25, -0.2) is 8.78 Å². The molecule has 0 heterocycles. The highest BCUT2D eigenvalue weighted by molar-refractivity contribution is 6.67. The molecule has 0 saturated carbocycles. The minimum absolute atomic E-state index is 0. The van der Waals surface area contributed by atoms with E-state index in [-0.39, 0.29) is 25.0 Å². The molecule has 9 heteroatoms. The van der Waals surface area contributed by atoms with E-state index in [0.29, 0.717) is 11.5 Å². The van der Waals surface area contributed by atoms with E-state index in [1.54, 1.807) is 12.1 Å². The molecule has 2 aromatic rings. The molecule has 0 unspecified atom stereocenters. The van der Waals surface area contributed by atoms with Gasteiger partial charge in [0.2, 0.25) is 0 Å². The summed E-state index contributed by atoms with van der Waals surface area (Å²) in [6.07, 6.45) is -0.316. The van der Waals surface area contributed by atoms with E-state index in [9.17, 15) is 18.4 Å². The molecule has 0 radical (unpaired) electrons. The molecule has 0 N–H and O–H groups in total. The molecule has 0 fully saturated rings. The second-order valence-electron chi connectivity index (χ2n) is 4.95. The number of ketones is 1. The minimum atomic E-state index is -0.810. The molecule has 2 aromatic carbocycles. The second-order valence-corrected chi connectivity index (χ2v) is 5.29. The van der Waals surface area contributed by atoms with Crippen LogP contribution in [0.25, 0.3) is 0 Å². The van der Waals surface area contributed by atoms with Gasteiger partial charge in [-0.15, -0.1) is 0 Å². The Hall–Kier alpha value is -3.49. The highest BCUT2D eigenvalue weighted by Gasteiger charge is 2.11. The van der Waals surface area contributed by atoms with E-state index in [4.69, 9.17) is 31.6 Å². The summed E-state index contributed by atoms with van der Waals surface area (Å²) < 4.78 is 35.6. The zero-order chi connectivity index (χ0) is 22.4. The lowest BCUT2D eigenvalue weighted by molar-refractivity contribution is 0.0993. The predicted molar refractivity (Wildman–Crippen MR) is 109 cm³/mol. The monoisotopic (exact) mass is 438 g/mol.